The summed E-state index contributed by atoms with van der Waals surface area (Å²) in [6, 6.07) is 5.11. The molecule has 1 fully saturated rings. The molecule has 5 N–H and O–H groups in total. The predicted octanol–water partition coefficient (Wildman–Crippen LogP) is 0.391. The zero-order valence-electron chi connectivity index (χ0n) is 26.8. The lowest BCUT2D eigenvalue weighted by atomic mass is 9.97. The Morgan fingerprint density at radius 3 is 2.35 bits per heavy atom. The first-order chi connectivity index (χ1) is 21.9. The van der Waals surface area contributed by atoms with E-state index in [1.165, 1.54) is 0 Å². The Morgan fingerprint density at radius 2 is 1.67 bits per heavy atom. The number of benzene rings is 1. The van der Waals surface area contributed by atoms with Gasteiger partial charge in [-0.25, -0.2) is 4.79 Å². The summed E-state index contributed by atoms with van der Waals surface area (Å²) in [7, 11) is 0. The van der Waals surface area contributed by atoms with Crippen LogP contribution in [0, 0.1) is 5.41 Å². The van der Waals surface area contributed by atoms with Gasteiger partial charge < -0.3 is 49.4 Å². The number of carboxylic acids is 1. The number of esters is 1. The molecule has 3 rings (SSSR count). The molecule has 2 aliphatic rings. The Labute approximate surface area is 269 Å². The van der Waals surface area contributed by atoms with Gasteiger partial charge in [-0.3, -0.25) is 14.5 Å². The third kappa shape index (κ3) is 11.9. The van der Waals surface area contributed by atoms with Gasteiger partial charge in [0.1, 0.15) is 30.7 Å². The lowest BCUT2D eigenvalue weighted by Gasteiger charge is -2.38. The second-order valence-corrected chi connectivity index (χ2v) is 12.3. The molecule has 0 spiro atoms. The van der Waals surface area contributed by atoms with Gasteiger partial charge in [0.2, 0.25) is 12.2 Å². The Balaban J connectivity index is 1.43. The molecule has 46 heavy (non-hydrogen) atoms. The zero-order valence-corrected chi connectivity index (χ0v) is 26.8. The van der Waals surface area contributed by atoms with E-state index in [0.717, 1.165) is 25.2 Å². The average Bonchev–Trinajstić information content (AvgIpc) is 3.54. The van der Waals surface area contributed by atoms with Crippen LogP contribution in [0.1, 0.15) is 44.7 Å². The van der Waals surface area contributed by atoms with E-state index in [0.29, 0.717) is 57.8 Å². The zero-order chi connectivity index (χ0) is 33.7. The molecule has 1 aromatic rings. The molecule has 1 aromatic carbocycles. The SMILES string of the molecule is CC(C)(C)C(=O)OCc1cc(CCCOCCOCCNC(=O)CCN2CC=CC2)ccc1O[C@@H]1O[C@H](C(=O)O)[C@@H](O)[C@H](O)[C@H]1O. The molecular formula is C32H48N2O12. The van der Waals surface area contributed by atoms with Crippen molar-refractivity contribution in [3.63, 3.8) is 0 Å². The molecule has 0 aliphatic carbocycles. The lowest BCUT2D eigenvalue weighted by molar-refractivity contribution is -0.271. The highest BCUT2D eigenvalue weighted by atomic mass is 16.7. The number of carboxylic acid groups (broad SMARTS) is 1. The van der Waals surface area contributed by atoms with Crippen molar-refractivity contribution in [1.82, 2.24) is 10.2 Å². The first-order valence-electron chi connectivity index (χ1n) is 15.5. The topological polar surface area (TPSA) is 194 Å². The van der Waals surface area contributed by atoms with Crippen LogP contribution in [0.4, 0.5) is 0 Å². The molecule has 1 saturated heterocycles. The van der Waals surface area contributed by atoms with Crippen LogP contribution in [-0.4, -0.2) is 126 Å². The minimum absolute atomic E-state index is 0.00670. The Kier molecular flexibility index (Phi) is 14.8. The molecule has 2 heterocycles. The predicted molar refractivity (Wildman–Crippen MR) is 164 cm³/mol. The quantitative estimate of drug-likeness (QED) is 0.0832. The van der Waals surface area contributed by atoms with Crippen molar-refractivity contribution in [1.29, 1.82) is 0 Å². The van der Waals surface area contributed by atoms with Gasteiger partial charge in [0.25, 0.3) is 0 Å². The minimum Gasteiger partial charge on any atom is -0.479 e. The van der Waals surface area contributed by atoms with Crippen molar-refractivity contribution in [3.8, 4) is 5.75 Å². The summed E-state index contributed by atoms with van der Waals surface area (Å²) in [5.41, 5.74) is 0.568. The summed E-state index contributed by atoms with van der Waals surface area (Å²) in [5.74, 6) is -1.82. The number of aliphatic carboxylic acids is 1. The largest absolute Gasteiger partial charge is 0.479 e. The maximum Gasteiger partial charge on any atom is 0.335 e. The van der Waals surface area contributed by atoms with Crippen LogP contribution >= 0.6 is 0 Å². The normalized spacial score (nSPS) is 23.3. The van der Waals surface area contributed by atoms with Crippen molar-refractivity contribution < 1.29 is 58.5 Å². The number of nitrogens with one attached hydrogen (secondary N) is 1. The van der Waals surface area contributed by atoms with Crippen LogP contribution in [0.3, 0.4) is 0 Å². The molecule has 5 atom stereocenters. The first kappa shape index (κ1) is 37.3. The summed E-state index contributed by atoms with van der Waals surface area (Å²) in [4.78, 5) is 38.0. The van der Waals surface area contributed by atoms with Gasteiger partial charge in [-0.1, -0.05) is 18.2 Å². The Hall–Kier alpha value is -3.11. The van der Waals surface area contributed by atoms with E-state index in [1.807, 2.05) is 0 Å². The van der Waals surface area contributed by atoms with Crippen LogP contribution < -0.4 is 10.1 Å². The van der Waals surface area contributed by atoms with Crippen LogP contribution in [0.15, 0.2) is 30.4 Å². The van der Waals surface area contributed by atoms with Gasteiger partial charge in [-0.2, -0.15) is 0 Å². The van der Waals surface area contributed by atoms with Crippen molar-refractivity contribution in [2.45, 2.75) is 77.3 Å². The van der Waals surface area contributed by atoms with E-state index in [-0.39, 0.29) is 18.3 Å². The highest BCUT2D eigenvalue weighted by molar-refractivity contribution is 5.76. The number of carbonyl (C=O) groups excluding carboxylic acids is 2. The number of aliphatic hydroxyl groups excluding tert-OH is 3. The molecule has 258 valence electrons. The molecule has 0 unspecified atom stereocenters. The number of nitrogens with zero attached hydrogens (tertiary/aromatic N) is 1. The first-order valence-corrected chi connectivity index (χ1v) is 15.5. The van der Waals surface area contributed by atoms with Crippen LogP contribution in [0.5, 0.6) is 5.75 Å². The molecule has 14 nitrogen and oxygen atoms in total. The van der Waals surface area contributed by atoms with E-state index in [1.54, 1.807) is 39.0 Å². The molecule has 0 aromatic heterocycles. The number of hydrogen-bond donors (Lipinski definition) is 5. The number of amides is 1. The van der Waals surface area contributed by atoms with E-state index < -0.39 is 48.1 Å². The summed E-state index contributed by atoms with van der Waals surface area (Å²) in [6.45, 7) is 9.62. The van der Waals surface area contributed by atoms with Crippen molar-refractivity contribution in [2.75, 3.05) is 52.6 Å². The molecule has 0 saturated carbocycles. The number of carbonyl (C=O) groups is 3. The van der Waals surface area contributed by atoms with E-state index in [9.17, 15) is 34.8 Å². The minimum atomic E-state index is -1.85. The van der Waals surface area contributed by atoms with E-state index in [2.05, 4.69) is 22.4 Å². The fourth-order valence-electron chi connectivity index (χ4n) is 4.67. The summed E-state index contributed by atoms with van der Waals surface area (Å²) in [6.07, 6.45) is -2.88. The lowest BCUT2D eigenvalue weighted by Crippen LogP contribution is -2.61. The Morgan fingerprint density at radius 1 is 0.978 bits per heavy atom. The molecule has 0 radical (unpaired) electrons. The van der Waals surface area contributed by atoms with Gasteiger partial charge in [0.05, 0.1) is 25.2 Å². The Bertz CT molecular complexity index is 1160. The number of hydrogen-bond acceptors (Lipinski definition) is 12. The highest BCUT2D eigenvalue weighted by Gasteiger charge is 2.48. The van der Waals surface area contributed by atoms with Gasteiger partial charge >= 0.3 is 11.9 Å². The number of ether oxygens (including phenoxy) is 5. The van der Waals surface area contributed by atoms with Gasteiger partial charge in [-0.05, 0) is 51.3 Å². The van der Waals surface area contributed by atoms with Crippen LogP contribution in [0.25, 0.3) is 0 Å². The standard InChI is InChI=1S/C32H48N2O12/c1-32(2,3)31(41)44-20-22-19-21(8-9-23(22)45-30-27(38)25(36)26(37)28(46-30)29(39)40)7-6-15-42-17-18-43-16-11-33-24(35)10-14-34-12-4-5-13-34/h4-5,8-9,19,25-28,30,36-38H,6-7,10-18,20H2,1-3H3,(H,33,35)(H,39,40)/t25-,26-,27+,28-,30+/m0/s1. The molecular weight excluding hydrogens is 604 g/mol. The summed E-state index contributed by atoms with van der Waals surface area (Å²) in [5, 5.41) is 42.7. The fourth-order valence-corrected chi connectivity index (χ4v) is 4.67. The van der Waals surface area contributed by atoms with Gasteiger partial charge in [0.15, 0.2) is 6.10 Å². The van der Waals surface area contributed by atoms with Gasteiger partial charge in [-0.15, -0.1) is 0 Å². The smallest absolute Gasteiger partial charge is 0.335 e. The third-order valence-corrected chi connectivity index (χ3v) is 7.40. The second-order valence-electron chi connectivity index (χ2n) is 12.3. The second kappa shape index (κ2) is 18.3. The fraction of sp³-hybridized carbons (Fsp3) is 0.656. The van der Waals surface area contributed by atoms with E-state index >= 15 is 0 Å². The van der Waals surface area contributed by atoms with E-state index in [4.69, 9.17) is 23.7 Å². The maximum atomic E-state index is 12.4. The summed E-state index contributed by atoms with van der Waals surface area (Å²) >= 11 is 0. The number of aliphatic hydroxyl groups is 3. The molecule has 0 bridgehead atoms. The maximum absolute atomic E-state index is 12.4. The van der Waals surface area contributed by atoms with Gasteiger partial charge in [0, 0.05) is 44.8 Å². The number of aryl methyl sites for hydroxylation is 1. The van der Waals surface area contributed by atoms with Crippen molar-refractivity contribution >= 4 is 17.8 Å². The monoisotopic (exact) mass is 652 g/mol. The summed E-state index contributed by atoms with van der Waals surface area (Å²) < 4.78 is 27.6. The average molecular weight is 653 g/mol. The molecule has 2 aliphatic heterocycles. The van der Waals surface area contributed by atoms with Crippen LogP contribution in [-0.2, 0) is 46.4 Å². The third-order valence-electron chi connectivity index (χ3n) is 7.40. The number of rotatable bonds is 18. The van der Waals surface area contributed by atoms with Crippen LogP contribution in [0.2, 0.25) is 0 Å². The molecule has 14 heteroatoms. The van der Waals surface area contributed by atoms with Crippen molar-refractivity contribution in [3.05, 3.63) is 41.5 Å². The molecule has 1 amide bonds. The highest BCUT2D eigenvalue weighted by Crippen LogP contribution is 2.29. The van der Waals surface area contributed by atoms with Crippen molar-refractivity contribution in [2.24, 2.45) is 5.41 Å².